The highest BCUT2D eigenvalue weighted by Crippen LogP contribution is 2.43. The summed E-state index contributed by atoms with van der Waals surface area (Å²) in [5.41, 5.74) is -3.36. The molecule has 0 aromatic heterocycles. The van der Waals surface area contributed by atoms with E-state index in [4.69, 9.17) is 0 Å². The minimum Gasteiger partial charge on any atom is -0.363 e. The number of amides is 2. The van der Waals surface area contributed by atoms with E-state index in [2.05, 4.69) is 21.2 Å². The molecule has 1 aromatic carbocycles. The summed E-state index contributed by atoms with van der Waals surface area (Å²) in [7, 11) is 0. The second-order valence-electron chi connectivity index (χ2n) is 4.98. The Hall–Kier alpha value is -1.61. The van der Waals surface area contributed by atoms with Crippen LogP contribution in [0.3, 0.4) is 0 Å². The molecule has 0 radical (unpaired) electrons. The molecule has 1 fully saturated rings. The molecule has 1 aromatic rings. The molecule has 1 heterocycles. The van der Waals surface area contributed by atoms with Gasteiger partial charge in [0.1, 0.15) is 5.78 Å². The van der Waals surface area contributed by atoms with Crippen molar-refractivity contribution in [2.45, 2.75) is 24.9 Å². The van der Waals surface area contributed by atoms with Gasteiger partial charge in [0.15, 0.2) is 0 Å². The number of hydrogen-bond acceptors (Lipinski definition) is 3. The number of benzene rings is 1. The number of rotatable bonds is 2. The highest BCUT2D eigenvalue weighted by molar-refractivity contribution is 9.10. The maximum absolute atomic E-state index is 13.2. The molecule has 2 rings (SSSR count). The summed E-state index contributed by atoms with van der Waals surface area (Å²) in [6.07, 6.45) is -5.20. The van der Waals surface area contributed by atoms with Gasteiger partial charge in [-0.15, -0.1) is 0 Å². The third-order valence-corrected chi connectivity index (χ3v) is 3.95. The molecule has 22 heavy (non-hydrogen) atoms. The SMILES string of the molecule is CC(=O)[C@@H]1[C@@H](c2cccc(Br)c2)NC(=O)N[C@]1(O)C(F)(F)F. The van der Waals surface area contributed by atoms with Crippen molar-refractivity contribution in [2.75, 3.05) is 0 Å². The van der Waals surface area contributed by atoms with Crippen molar-refractivity contribution in [3.63, 3.8) is 0 Å². The predicted molar refractivity (Wildman–Crippen MR) is 73.7 cm³/mol. The molecule has 1 saturated heterocycles. The van der Waals surface area contributed by atoms with Crippen molar-refractivity contribution in [1.82, 2.24) is 10.6 Å². The van der Waals surface area contributed by atoms with Crippen LogP contribution < -0.4 is 10.6 Å². The zero-order chi connectivity index (χ0) is 16.7. The van der Waals surface area contributed by atoms with Crippen molar-refractivity contribution < 1.29 is 27.9 Å². The molecule has 120 valence electrons. The van der Waals surface area contributed by atoms with E-state index in [1.165, 1.54) is 17.4 Å². The van der Waals surface area contributed by atoms with Crippen molar-refractivity contribution in [2.24, 2.45) is 5.92 Å². The van der Waals surface area contributed by atoms with Crippen LogP contribution in [0.25, 0.3) is 0 Å². The number of hydrogen-bond donors (Lipinski definition) is 3. The molecule has 0 aliphatic carbocycles. The zero-order valence-corrected chi connectivity index (χ0v) is 12.8. The average Bonchev–Trinajstić information content (AvgIpc) is 2.35. The van der Waals surface area contributed by atoms with Gasteiger partial charge < -0.3 is 15.7 Å². The molecule has 0 bridgehead atoms. The third kappa shape index (κ3) is 2.82. The maximum Gasteiger partial charge on any atom is 0.437 e. The lowest BCUT2D eigenvalue weighted by atomic mass is 9.79. The fourth-order valence-electron chi connectivity index (χ4n) is 2.50. The Morgan fingerprint density at radius 1 is 1.41 bits per heavy atom. The Bertz CT molecular complexity index is 623. The molecule has 5 nitrogen and oxygen atoms in total. The molecule has 0 unspecified atom stereocenters. The molecular formula is C13H12BrF3N2O3. The van der Waals surface area contributed by atoms with Crippen molar-refractivity contribution in [3.05, 3.63) is 34.3 Å². The topological polar surface area (TPSA) is 78.4 Å². The highest BCUT2D eigenvalue weighted by Gasteiger charge is 2.65. The third-order valence-electron chi connectivity index (χ3n) is 3.45. The predicted octanol–water partition coefficient (Wildman–Crippen LogP) is 2.26. The summed E-state index contributed by atoms with van der Waals surface area (Å²) in [4.78, 5) is 23.3. The van der Waals surface area contributed by atoms with Gasteiger partial charge in [-0.3, -0.25) is 4.79 Å². The monoisotopic (exact) mass is 380 g/mol. The van der Waals surface area contributed by atoms with Gasteiger partial charge >= 0.3 is 12.2 Å². The molecule has 3 N–H and O–H groups in total. The van der Waals surface area contributed by atoms with E-state index in [-0.39, 0.29) is 5.56 Å². The normalized spacial score (nSPS) is 28.7. The lowest BCUT2D eigenvalue weighted by molar-refractivity contribution is -0.290. The standard InChI is InChI=1S/C13H12BrF3N2O3/c1-6(20)9-10(7-3-2-4-8(14)5-7)18-11(21)19-12(9,22)13(15,16)17/h2-5,9-10,22H,1H3,(H2,18,19,21)/t9-,10-,12-/m1/s1. The number of ketones is 1. The molecule has 1 aliphatic heterocycles. The number of alkyl halides is 3. The van der Waals surface area contributed by atoms with Crippen LogP contribution in [0.15, 0.2) is 28.7 Å². The molecule has 0 saturated carbocycles. The molecule has 1 aliphatic rings. The maximum atomic E-state index is 13.2. The molecule has 0 spiro atoms. The summed E-state index contributed by atoms with van der Waals surface area (Å²) in [5, 5.41) is 13.7. The van der Waals surface area contributed by atoms with Gasteiger partial charge in [-0.05, 0) is 24.6 Å². The Morgan fingerprint density at radius 2 is 2.05 bits per heavy atom. The van der Waals surface area contributed by atoms with E-state index in [0.29, 0.717) is 4.47 Å². The lowest BCUT2D eigenvalue weighted by Crippen LogP contribution is -2.72. The highest BCUT2D eigenvalue weighted by atomic mass is 79.9. The fourth-order valence-corrected chi connectivity index (χ4v) is 2.92. The lowest BCUT2D eigenvalue weighted by Gasteiger charge is -2.44. The number of urea groups is 1. The Balaban J connectivity index is 2.57. The van der Waals surface area contributed by atoms with Crippen LogP contribution in [-0.2, 0) is 4.79 Å². The Kier molecular flexibility index (Phi) is 4.22. The summed E-state index contributed by atoms with van der Waals surface area (Å²) >= 11 is 3.17. The van der Waals surface area contributed by atoms with Gasteiger partial charge in [0.05, 0.1) is 12.0 Å². The minimum atomic E-state index is -5.20. The van der Waals surface area contributed by atoms with Gasteiger partial charge in [-0.2, -0.15) is 13.2 Å². The van der Waals surface area contributed by atoms with Crippen LogP contribution in [0.2, 0.25) is 0 Å². The number of carbonyl (C=O) groups excluding carboxylic acids is 2. The Morgan fingerprint density at radius 3 is 2.55 bits per heavy atom. The van der Waals surface area contributed by atoms with Crippen LogP contribution >= 0.6 is 15.9 Å². The Labute approximate surface area is 132 Å². The van der Waals surface area contributed by atoms with Crippen LogP contribution in [-0.4, -0.2) is 28.8 Å². The number of carbonyl (C=O) groups is 2. The average molecular weight is 381 g/mol. The molecular weight excluding hydrogens is 369 g/mol. The summed E-state index contributed by atoms with van der Waals surface area (Å²) in [6.45, 7) is 0.936. The molecule has 2 amide bonds. The van der Waals surface area contributed by atoms with E-state index in [0.717, 1.165) is 6.92 Å². The number of Topliss-reactive ketones (excluding diaryl/α,β-unsaturated/α-hetero) is 1. The van der Waals surface area contributed by atoms with Gasteiger partial charge in [0.25, 0.3) is 0 Å². The summed E-state index contributed by atoms with van der Waals surface area (Å²) < 4.78 is 40.2. The number of halogens is 4. The number of aliphatic hydroxyl groups is 1. The smallest absolute Gasteiger partial charge is 0.363 e. The summed E-state index contributed by atoms with van der Waals surface area (Å²) in [6, 6.07) is 3.62. The van der Waals surface area contributed by atoms with E-state index < -0.39 is 35.7 Å². The number of nitrogens with one attached hydrogen (secondary N) is 2. The van der Waals surface area contributed by atoms with Gasteiger partial charge in [-0.1, -0.05) is 28.1 Å². The quantitative estimate of drug-likeness (QED) is 0.736. The molecule has 9 heteroatoms. The van der Waals surface area contributed by atoms with Gasteiger partial charge in [-0.25, -0.2) is 4.79 Å². The van der Waals surface area contributed by atoms with Crippen LogP contribution in [0.4, 0.5) is 18.0 Å². The first-order valence-corrected chi connectivity index (χ1v) is 6.99. The fraction of sp³-hybridized carbons (Fsp3) is 0.385. The van der Waals surface area contributed by atoms with E-state index in [9.17, 15) is 27.9 Å². The molecule has 3 atom stereocenters. The van der Waals surface area contributed by atoms with Crippen molar-refractivity contribution in [3.8, 4) is 0 Å². The second kappa shape index (κ2) is 5.54. The van der Waals surface area contributed by atoms with Gasteiger partial charge in [0.2, 0.25) is 5.72 Å². The van der Waals surface area contributed by atoms with E-state index >= 15 is 0 Å². The van der Waals surface area contributed by atoms with Crippen LogP contribution in [0, 0.1) is 5.92 Å². The van der Waals surface area contributed by atoms with Crippen molar-refractivity contribution >= 4 is 27.7 Å². The van der Waals surface area contributed by atoms with E-state index in [1.807, 2.05) is 0 Å². The second-order valence-corrected chi connectivity index (χ2v) is 5.90. The van der Waals surface area contributed by atoms with Crippen molar-refractivity contribution in [1.29, 1.82) is 0 Å². The van der Waals surface area contributed by atoms with Crippen LogP contribution in [0.5, 0.6) is 0 Å². The minimum absolute atomic E-state index is 0.270. The van der Waals surface area contributed by atoms with E-state index in [1.54, 1.807) is 12.1 Å². The first-order valence-electron chi connectivity index (χ1n) is 6.20. The first kappa shape index (κ1) is 16.8. The van der Waals surface area contributed by atoms with Gasteiger partial charge in [0, 0.05) is 4.47 Å². The first-order chi connectivity index (χ1) is 10.1. The largest absolute Gasteiger partial charge is 0.437 e. The zero-order valence-electron chi connectivity index (χ0n) is 11.2. The van der Waals surface area contributed by atoms with Crippen LogP contribution in [0.1, 0.15) is 18.5 Å². The summed E-state index contributed by atoms with van der Waals surface area (Å²) in [5.74, 6) is -2.82.